The Morgan fingerprint density at radius 1 is 1.33 bits per heavy atom. The maximum atomic E-state index is 6.26. The van der Waals surface area contributed by atoms with Crippen molar-refractivity contribution in [1.82, 2.24) is 9.55 Å². The largest absolute Gasteiger partial charge is 0.383 e. The molecular formula is C16H17Cl2N3. The maximum absolute atomic E-state index is 6.26. The fraction of sp³-hybridized carbons (Fsp3) is 0.312. The van der Waals surface area contributed by atoms with Crippen molar-refractivity contribution in [2.75, 3.05) is 5.73 Å². The molecule has 1 aromatic heterocycles. The highest BCUT2D eigenvalue weighted by molar-refractivity contribution is 6.36. The number of rotatable bonds is 2. The highest BCUT2D eigenvalue weighted by atomic mass is 35.5. The average Bonchev–Trinajstić information content (AvgIpc) is 2.68. The van der Waals surface area contributed by atoms with Crippen LogP contribution in [-0.4, -0.2) is 9.55 Å². The van der Waals surface area contributed by atoms with Gasteiger partial charge >= 0.3 is 0 Å². The molecule has 0 saturated carbocycles. The molecule has 0 saturated heterocycles. The number of imidazole rings is 1. The third-order valence-corrected chi connectivity index (χ3v) is 3.66. The third kappa shape index (κ3) is 3.02. The van der Waals surface area contributed by atoms with Crippen molar-refractivity contribution in [3.63, 3.8) is 0 Å². The quantitative estimate of drug-likeness (QED) is 0.834. The van der Waals surface area contributed by atoms with Crippen molar-refractivity contribution in [3.05, 3.63) is 34.1 Å². The lowest BCUT2D eigenvalue weighted by atomic mass is 9.95. The number of benzene rings is 1. The summed E-state index contributed by atoms with van der Waals surface area (Å²) in [5, 5.41) is 1.08. The number of aromatic nitrogens is 2. The number of nitrogens with zero attached hydrogens (tertiary/aromatic N) is 2. The number of hydrogen-bond acceptors (Lipinski definition) is 2. The van der Waals surface area contributed by atoms with E-state index >= 15 is 0 Å². The Hall–Kier alpha value is -1.63. The molecule has 0 aliphatic rings. The summed E-state index contributed by atoms with van der Waals surface area (Å²) in [6.07, 6.45) is 5.44. The molecule has 0 bridgehead atoms. The first-order chi connectivity index (χ1) is 9.75. The smallest absolute Gasteiger partial charge is 0.132 e. The SMILES string of the molecule is C#CCn1c(C(C)(C)C)nc(-c2ccc(Cl)cc2Cl)c1N. The van der Waals surface area contributed by atoms with Gasteiger partial charge in [0, 0.05) is 16.0 Å². The summed E-state index contributed by atoms with van der Waals surface area (Å²) in [5.41, 5.74) is 7.45. The van der Waals surface area contributed by atoms with Gasteiger partial charge in [0.1, 0.15) is 17.3 Å². The predicted molar refractivity (Wildman–Crippen MR) is 89.6 cm³/mol. The van der Waals surface area contributed by atoms with E-state index in [0.29, 0.717) is 28.1 Å². The molecule has 2 aromatic rings. The first-order valence-corrected chi connectivity index (χ1v) is 7.26. The number of hydrogen-bond donors (Lipinski definition) is 1. The highest BCUT2D eigenvalue weighted by Gasteiger charge is 2.25. The molecule has 0 aliphatic carbocycles. The van der Waals surface area contributed by atoms with Crippen LogP contribution in [0.3, 0.4) is 0 Å². The van der Waals surface area contributed by atoms with Crippen LogP contribution in [0.25, 0.3) is 11.3 Å². The Morgan fingerprint density at radius 3 is 2.52 bits per heavy atom. The lowest BCUT2D eigenvalue weighted by Gasteiger charge is -2.18. The minimum Gasteiger partial charge on any atom is -0.383 e. The topological polar surface area (TPSA) is 43.8 Å². The van der Waals surface area contributed by atoms with Crippen LogP contribution in [0.1, 0.15) is 26.6 Å². The summed E-state index contributed by atoms with van der Waals surface area (Å²) in [6, 6.07) is 5.25. The van der Waals surface area contributed by atoms with E-state index in [1.165, 1.54) is 0 Å². The van der Waals surface area contributed by atoms with Gasteiger partial charge in [-0.2, -0.15) is 0 Å². The predicted octanol–water partition coefficient (Wildman–Crippen LogP) is 4.37. The van der Waals surface area contributed by atoms with Gasteiger partial charge < -0.3 is 10.3 Å². The molecular weight excluding hydrogens is 305 g/mol. The van der Waals surface area contributed by atoms with Crippen LogP contribution in [0.2, 0.25) is 10.0 Å². The summed E-state index contributed by atoms with van der Waals surface area (Å²) in [5.74, 6) is 3.96. The number of terminal acetylenes is 1. The molecule has 0 aliphatic heterocycles. The van der Waals surface area contributed by atoms with Gasteiger partial charge in [0.05, 0.1) is 11.6 Å². The number of halogens is 2. The second-order valence-electron chi connectivity index (χ2n) is 5.83. The summed E-state index contributed by atoms with van der Waals surface area (Å²) >= 11 is 12.2. The third-order valence-electron chi connectivity index (χ3n) is 3.11. The summed E-state index contributed by atoms with van der Waals surface area (Å²) in [6.45, 7) is 6.57. The molecule has 0 spiro atoms. The van der Waals surface area contributed by atoms with Crippen LogP contribution in [0.15, 0.2) is 18.2 Å². The second kappa shape index (κ2) is 5.63. The molecule has 1 heterocycles. The summed E-state index contributed by atoms with van der Waals surface area (Å²) < 4.78 is 1.85. The van der Waals surface area contributed by atoms with Gasteiger partial charge in [-0.1, -0.05) is 49.9 Å². The highest BCUT2D eigenvalue weighted by Crippen LogP contribution is 2.36. The van der Waals surface area contributed by atoms with Crippen LogP contribution < -0.4 is 5.73 Å². The molecule has 5 heteroatoms. The molecule has 2 rings (SSSR count). The minimum absolute atomic E-state index is 0.178. The Morgan fingerprint density at radius 2 is 2.00 bits per heavy atom. The van der Waals surface area contributed by atoms with Crippen LogP contribution in [0.5, 0.6) is 0 Å². The molecule has 1 aromatic carbocycles. The van der Waals surface area contributed by atoms with Gasteiger partial charge in [-0.25, -0.2) is 4.98 Å². The molecule has 110 valence electrons. The fourth-order valence-electron chi connectivity index (χ4n) is 2.17. The molecule has 21 heavy (non-hydrogen) atoms. The number of anilines is 1. The van der Waals surface area contributed by atoms with Crippen LogP contribution in [0, 0.1) is 12.3 Å². The Balaban J connectivity index is 2.68. The monoisotopic (exact) mass is 321 g/mol. The summed E-state index contributed by atoms with van der Waals surface area (Å²) in [4.78, 5) is 4.68. The van der Waals surface area contributed by atoms with Crippen LogP contribution in [0.4, 0.5) is 5.82 Å². The standard InChI is InChI=1S/C16H17Cl2N3/c1-5-8-21-14(19)13(20-15(21)16(2,3)4)11-7-6-10(17)9-12(11)18/h1,6-7,9H,8,19H2,2-4H3. The van der Waals surface area contributed by atoms with E-state index in [-0.39, 0.29) is 5.41 Å². The number of nitrogens with two attached hydrogens (primary N) is 1. The zero-order chi connectivity index (χ0) is 15.8. The molecule has 0 fully saturated rings. The normalized spacial score (nSPS) is 11.4. The van der Waals surface area contributed by atoms with Crippen molar-refractivity contribution in [2.45, 2.75) is 32.7 Å². The minimum atomic E-state index is -0.178. The van der Waals surface area contributed by atoms with Crippen molar-refractivity contribution in [3.8, 4) is 23.6 Å². The van der Waals surface area contributed by atoms with Gasteiger partial charge in [0.25, 0.3) is 0 Å². The van der Waals surface area contributed by atoms with Crippen molar-refractivity contribution in [1.29, 1.82) is 0 Å². The Labute approximate surface area is 135 Å². The van der Waals surface area contributed by atoms with E-state index < -0.39 is 0 Å². The van der Waals surface area contributed by atoms with E-state index in [2.05, 4.69) is 31.7 Å². The van der Waals surface area contributed by atoms with Crippen LogP contribution in [-0.2, 0) is 12.0 Å². The van der Waals surface area contributed by atoms with Crippen LogP contribution >= 0.6 is 23.2 Å². The van der Waals surface area contributed by atoms with Gasteiger partial charge in [-0.3, -0.25) is 0 Å². The molecule has 3 nitrogen and oxygen atoms in total. The first-order valence-electron chi connectivity index (χ1n) is 6.51. The van der Waals surface area contributed by atoms with E-state index in [0.717, 1.165) is 11.4 Å². The first kappa shape index (κ1) is 15.8. The number of nitrogen functional groups attached to an aromatic ring is 1. The van der Waals surface area contributed by atoms with E-state index in [4.69, 9.17) is 35.4 Å². The maximum Gasteiger partial charge on any atom is 0.132 e. The molecule has 0 amide bonds. The summed E-state index contributed by atoms with van der Waals surface area (Å²) in [7, 11) is 0. The lowest BCUT2D eigenvalue weighted by molar-refractivity contribution is 0.517. The lowest BCUT2D eigenvalue weighted by Crippen LogP contribution is -2.19. The molecule has 0 unspecified atom stereocenters. The van der Waals surface area contributed by atoms with Crippen molar-refractivity contribution < 1.29 is 0 Å². The Bertz CT molecular complexity index is 718. The average molecular weight is 322 g/mol. The molecule has 0 radical (unpaired) electrons. The van der Waals surface area contributed by atoms with Gasteiger partial charge in [-0.15, -0.1) is 6.42 Å². The molecule has 0 atom stereocenters. The zero-order valence-corrected chi connectivity index (χ0v) is 13.8. The fourth-order valence-corrected chi connectivity index (χ4v) is 2.67. The van der Waals surface area contributed by atoms with Gasteiger partial charge in [0.2, 0.25) is 0 Å². The second-order valence-corrected chi connectivity index (χ2v) is 6.68. The zero-order valence-electron chi connectivity index (χ0n) is 12.2. The Kier molecular flexibility index (Phi) is 4.22. The van der Waals surface area contributed by atoms with Crippen molar-refractivity contribution >= 4 is 29.0 Å². The van der Waals surface area contributed by atoms with E-state index in [9.17, 15) is 0 Å². The van der Waals surface area contributed by atoms with E-state index in [1.54, 1.807) is 12.1 Å². The van der Waals surface area contributed by atoms with Gasteiger partial charge in [-0.05, 0) is 18.2 Å². The van der Waals surface area contributed by atoms with Crippen molar-refractivity contribution in [2.24, 2.45) is 0 Å². The van der Waals surface area contributed by atoms with Gasteiger partial charge in [0.15, 0.2) is 0 Å². The molecule has 2 N–H and O–H groups in total. The van der Waals surface area contributed by atoms with E-state index in [1.807, 2.05) is 10.6 Å².